The molecule has 1 aliphatic rings. The molecule has 2 aromatic carbocycles. The van der Waals surface area contributed by atoms with Crippen LogP contribution in [0, 0.1) is 0 Å². The normalized spacial score (nSPS) is 14.4. The highest BCUT2D eigenvalue weighted by molar-refractivity contribution is 6.05. The predicted molar refractivity (Wildman–Crippen MR) is 138 cm³/mol. The zero-order valence-electron chi connectivity index (χ0n) is 21.1. The molecule has 0 aliphatic carbocycles. The molecule has 35 heavy (non-hydrogen) atoms. The third-order valence-corrected chi connectivity index (χ3v) is 6.37. The molecule has 0 unspecified atom stereocenters. The molecule has 1 heterocycles. The van der Waals surface area contributed by atoms with Crippen molar-refractivity contribution in [2.45, 2.75) is 45.3 Å². The number of nitrogens with zero attached hydrogens (tertiary/aromatic N) is 2. The van der Waals surface area contributed by atoms with E-state index in [1.807, 2.05) is 13.8 Å². The second-order valence-corrected chi connectivity index (χ2v) is 9.19. The van der Waals surface area contributed by atoms with Gasteiger partial charge in [-0.2, -0.15) is 0 Å². The number of anilines is 2. The van der Waals surface area contributed by atoms with E-state index in [9.17, 15) is 14.7 Å². The number of benzene rings is 2. The fourth-order valence-electron chi connectivity index (χ4n) is 4.37. The molecule has 1 saturated heterocycles. The average molecular weight is 484 g/mol. The van der Waals surface area contributed by atoms with Crippen molar-refractivity contribution < 1.29 is 24.2 Å². The SMILES string of the molecule is COc1ccc(C(=O)Nc2ccc(N3CCC(N(C)CCCOC(C)C)CC3)c(C(=O)O)c2)cc1. The van der Waals surface area contributed by atoms with E-state index >= 15 is 0 Å². The van der Waals surface area contributed by atoms with E-state index < -0.39 is 5.97 Å². The number of hydrogen-bond donors (Lipinski definition) is 2. The molecule has 3 rings (SSSR count). The number of rotatable bonds is 11. The van der Waals surface area contributed by atoms with Crippen LogP contribution in [0.1, 0.15) is 53.8 Å². The van der Waals surface area contributed by atoms with Gasteiger partial charge in [0.05, 0.1) is 24.5 Å². The maximum absolute atomic E-state index is 12.6. The summed E-state index contributed by atoms with van der Waals surface area (Å²) < 4.78 is 10.8. The van der Waals surface area contributed by atoms with Crippen LogP contribution in [0.15, 0.2) is 42.5 Å². The van der Waals surface area contributed by atoms with Crippen molar-refractivity contribution in [2.24, 2.45) is 0 Å². The van der Waals surface area contributed by atoms with Crippen LogP contribution < -0.4 is 15.0 Å². The number of nitrogens with one attached hydrogen (secondary N) is 1. The van der Waals surface area contributed by atoms with Crippen LogP contribution in [0.4, 0.5) is 11.4 Å². The summed E-state index contributed by atoms with van der Waals surface area (Å²) in [6.07, 6.45) is 3.20. The quantitative estimate of drug-likeness (QED) is 0.459. The van der Waals surface area contributed by atoms with Gasteiger partial charge < -0.3 is 29.7 Å². The Morgan fingerprint density at radius 2 is 1.83 bits per heavy atom. The van der Waals surface area contributed by atoms with E-state index in [4.69, 9.17) is 9.47 Å². The lowest BCUT2D eigenvalue weighted by Gasteiger charge is -2.38. The van der Waals surface area contributed by atoms with Crippen LogP contribution in [-0.4, -0.2) is 74.4 Å². The standard InChI is InChI=1S/C27H37N3O5/c1-19(2)35-17-5-14-29(3)22-12-15-30(16-13-22)25-11-8-21(18-24(25)27(32)33)28-26(31)20-6-9-23(34-4)10-7-20/h6-11,18-19,22H,5,12-17H2,1-4H3,(H,28,31)(H,32,33). The Labute approximate surface area is 207 Å². The molecule has 8 nitrogen and oxygen atoms in total. The van der Waals surface area contributed by atoms with Gasteiger partial charge in [0, 0.05) is 43.5 Å². The number of carboxylic acids is 1. The molecule has 1 amide bonds. The highest BCUT2D eigenvalue weighted by atomic mass is 16.5. The van der Waals surface area contributed by atoms with E-state index in [0.717, 1.165) is 45.5 Å². The molecule has 0 aromatic heterocycles. The highest BCUT2D eigenvalue weighted by Gasteiger charge is 2.25. The van der Waals surface area contributed by atoms with E-state index in [0.29, 0.717) is 28.7 Å². The summed E-state index contributed by atoms with van der Waals surface area (Å²) in [6, 6.07) is 12.3. The molecule has 1 fully saturated rings. The average Bonchev–Trinajstić information content (AvgIpc) is 2.86. The molecule has 0 radical (unpaired) electrons. The number of amides is 1. The number of methoxy groups -OCH3 is 1. The van der Waals surface area contributed by atoms with Gasteiger partial charge in [0.1, 0.15) is 5.75 Å². The first-order chi connectivity index (χ1) is 16.8. The third kappa shape index (κ3) is 7.44. The van der Waals surface area contributed by atoms with Crippen molar-refractivity contribution in [3.05, 3.63) is 53.6 Å². The van der Waals surface area contributed by atoms with Gasteiger partial charge in [-0.05, 0) is 82.6 Å². The maximum atomic E-state index is 12.6. The number of hydrogen-bond acceptors (Lipinski definition) is 6. The van der Waals surface area contributed by atoms with E-state index in [-0.39, 0.29) is 17.6 Å². The van der Waals surface area contributed by atoms with Crippen LogP contribution in [0.5, 0.6) is 5.75 Å². The molecule has 2 N–H and O–H groups in total. The number of carbonyl (C=O) groups is 2. The molecule has 0 atom stereocenters. The highest BCUT2D eigenvalue weighted by Crippen LogP contribution is 2.28. The minimum absolute atomic E-state index is 0.190. The van der Waals surface area contributed by atoms with Crippen LogP contribution in [0.2, 0.25) is 0 Å². The van der Waals surface area contributed by atoms with Gasteiger partial charge in [-0.3, -0.25) is 4.79 Å². The summed E-state index contributed by atoms with van der Waals surface area (Å²) in [7, 11) is 3.72. The maximum Gasteiger partial charge on any atom is 0.337 e. The summed E-state index contributed by atoms with van der Waals surface area (Å²) in [5, 5.41) is 12.7. The van der Waals surface area contributed by atoms with E-state index in [1.54, 1.807) is 43.5 Å². The van der Waals surface area contributed by atoms with Crippen molar-refractivity contribution in [3.63, 3.8) is 0 Å². The van der Waals surface area contributed by atoms with Crippen LogP contribution in [-0.2, 0) is 4.74 Å². The molecule has 0 bridgehead atoms. The molecular weight excluding hydrogens is 446 g/mol. The zero-order chi connectivity index (χ0) is 25.4. The smallest absolute Gasteiger partial charge is 0.337 e. The third-order valence-electron chi connectivity index (χ3n) is 6.37. The van der Waals surface area contributed by atoms with Crippen LogP contribution in [0.25, 0.3) is 0 Å². The van der Waals surface area contributed by atoms with Crippen molar-refractivity contribution in [2.75, 3.05) is 50.6 Å². The second-order valence-electron chi connectivity index (χ2n) is 9.19. The topological polar surface area (TPSA) is 91.3 Å². The summed E-state index contributed by atoms with van der Waals surface area (Å²) in [5.74, 6) is -0.654. The Balaban J connectivity index is 1.60. The summed E-state index contributed by atoms with van der Waals surface area (Å²) >= 11 is 0. The monoisotopic (exact) mass is 483 g/mol. The summed E-state index contributed by atoms with van der Waals surface area (Å²) in [6.45, 7) is 7.42. The minimum Gasteiger partial charge on any atom is -0.497 e. The number of ether oxygens (including phenoxy) is 2. The van der Waals surface area contributed by atoms with E-state index in [2.05, 4.69) is 22.2 Å². The van der Waals surface area contributed by atoms with Gasteiger partial charge in [0.25, 0.3) is 5.91 Å². The summed E-state index contributed by atoms with van der Waals surface area (Å²) in [4.78, 5) is 29.1. The first-order valence-electron chi connectivity index (χ1n) is 12.2. The first kappa shape index (κ1) is 26.5. The molecule has 0 spiro atoms. The van der Waals surface area contributed by atoms with Gasteiger partial charge >= 0.3 is 5.97 Å². The lowest BCUT2D eigenvalue weighted by Crippen LogP contribution is -2.44. The molecule has 1 aliphatic heterocycles. The van der Waals surface area contributed by atoms with Crippen molar-refractivity contribution in [1.82, 2.24) is 4.90 Å². The Morgan fingerprint density at radius 1 is 1.14 bits per heavy atom. The summed E-state index contributed by atoms with van der Waals surface area (Å²) in [5.41, 5.74) is 1.79. The van der Waals surface area contributed by atoms with Gasteiger partial charge in [-0.1, -0.05) is 0 Å². The van der Waals surface area contributed by atoms with Crippen molar-refractivity contribution in [1.29, 1.82) is 0 Å². The van der Waals surface area contributed by atoms with Crippen LogP contribution >= 0.6 is 0 Å². The molecule has 190 valence electrons. The predicted octanol–water partition coefficient (Wildman–Crippen LogP) is 4.36. The lowest BCUT2D eigenvalue weighted by atomic mass is 10.0. The fraction of sp³-hybridized carbons (Fsp3) is 0.481. The Morgan fingerprint density at radius 3 is 2.43 bits per heavy atom. The number of carboxylic acid groups (broad SMARTS) is 1. The first-order valence-corrected chi connectivity index (χ1v) is 12.2. The zero-order valence-corrected chi connectivity index (χ0v) is 21.1. The molecule has 0 saturated carbocycles. The Bertz CT molecular complexity index is 985. The van der Waals surface area contributed by atoms with Crippen LogP contribution in [0.3, 0.4) is 0 Å². The molecule has 2 aromatic rings. The number of piperidine rings is 1. The molecule has 8 heteroatoms. The molecular formula is C27H37N3O5. The fourth-order valence-corrected chi connectivity index (χ4v) is 4.37. The number of aromatic carboxylic acids is 1. The van der Waals surface area contributed by atoms with Crippen molar-refractivity contribution in [3.8, 4) is 5.75 Å². The largest absolute Gasteiger partial charge is 0.497 e. The Hall–Kier alpha value is -3.10. The van der Waals surface area contributed by atoms with Gasteiger partial charge in [0.15, 0.2) is 0 Å². The van der Waals surface area contributed by atoms with Crippen molar-refractivity contribution >= 4 is 23.3 Å². The van der Waals surface area contributed by atoms with Gasteiger partial charge in [-0.15, -0.1) is 0 Å². The number of carbonyl (C=O) groups excluding carboxylic acids is 1. The van der Waals surface area contributed by atoms with Gasteiger partial charge in [-0.25, -0.2) is 4.79 Å². The minimum atomic E-state index is -1.01. The van der Waals surface area contributed by atoms with Gasteiger partial charge in [0.2, 0.25) is 0 Å². The Kier molecular flexibility index (Phi) is 9.51. The lowest BCUT2D eigenvalue weighted by molar-refractivity contribution is 0.0682. The van der Waals surface area contributed by atoms with E-state index in [1.165, 1.54) is 6.07 Å². The second kappa shape index (κ2) is 12.6.